The molecular formula is C28H39KN8O3. The number of morpholine rings is 1. The van der Waals surface area contributed by atoms with Crippen LogP contribution in [0.5, 0.6) is 0 Å². The van der Waals surface area contributed by atoms with Gasteiger partial charge in [-0.3, -0.25) is 4.79 Å². The molecule has 2 aromatic rings. The summed E-state index contributed by atoms with van der Waals surface area (Å²) in [5, 5.41) is 23.1. The molecular weight excluding hydrogens is 535 g/mol. The number of benzene rings is 1. The average molecular weight is 575 g/mol. The molecule has 1 aromatic carbocycles. The molecule has 210 valence electrons. The van der Waals surface area contributed by atoms with Crippen LogP contribution in [0.3, 0.4) is 0 Å². The summed E-state index contributed by atoms with van der Waals surface area (Å²) in [6.45, 7) is 8.54. The van der Waals surface area contributed by atoms with Crippen molar-refractivity contribution in [2.24, 2.45) is 22.4 Å². The van der Waals surface area contributed by atoms with Gasteiger partial charge in [-0.1, -0.05) is 57.2 Å². The SMILES string of the molecule is CC(C)C(N)C(=O)O.Cc1cc(C/C=C2\N=C(N3CCOCC3)C=C(N/C=C\C(N)c3ccccc3)N2)n[n-]1.[K+]. The van der Waals surface area contributed by atoms with Crippen LogP contribution in [0, 0.1) is 12.8 Å². The average Bonchev–Trinajstić information content (AvgIpc) is 3.37. The molecule has 4 rings (SSSR count). The number of nitrogens with one attached hydrogen (secondary N) is 2. The van der Waals surface area contributed by atoms with Gasteiger partial charge in [-0.25, -0.2) is 4.99 Å². The fraction of sp³-hybridized carbons (Fsp3) is 0.393. The van der Waals surface area contributed by atoms with Crippen LogP contribution in [0.15, 0.2) is 77.5 Å². The predicted molar refractivity (Wildman–Crippen MR) is 151 cm³/mol. The van der Waals surface area contributed by atoms with Gasteiger partial charge in [-0.15, -0.1) is 5.69 Å². The van der Waals surface area contributed by atoms with Crippen LogP contribution in [0.1, 0.15) is 36.8 Å². The number of aliphatic carboxylic acids is 1. The van der Waals surface area contributed by atoms with E-state index in [-0.39, 0.29) is 63.3 Å². The summed E-state index contributed by atoms with van der Waals surface area (Å²) in [6.07, 6.45) is 8.49. The second-order valence-corrected chi connectivity index (χ2v) is 9.57. The van der Waals surface area contributed by atoms with Crippen molar-refractivity contribution >= 4 is 11.8 Å². The van der Waals surface area contributed by atoms with Crippen molar-refractivity contribution in [2.75, 3.05) is 26.3 Å². The molecule has 0 bridgehead atoms. The molecule has 2 aliphatic rings. The molecule has 11 nitrogen and oxygen atoms in total. The maximum absolute atomic E-state index is 10.0. The van der Waals surface area contributed by atoms with E-state index in [0.29, 0.717) is 19.6 Å². The molecule has 1 saturated heterocycles. The maximum atomic E-state index is 10.0. The van der Waals surface area contributed by atoms with E-state index in [1.807, 2.05) is 67.7 Å². The van der Waals surface area contributed by atoms with Gasteiger partial charge < -0.3 is 47.0 Å². The summed E-state index contributed by atoms with van der Waals surface area (Å²) in [5.41, 5.74) is 14.3. The molecule has 0 aliphatic carbocycles. The molecule has 12 heteroatoms. The van der Waals surface area contributed by atoms with E-state index in [9.17, 15) is 4.79 Å². The smallest absolute Gasteiger partial charge is 0.579 e. The van der Waals surface area contributed by atoms with Crippen LogP contribution in [-0.4, -0.2) is 59.3 Å². The number of aryl methyl sites for hydroxylation is 1. The Kier molecular flexibility index (Phi) is 14.8. The number of amidine groups is 1. The third kappa shape index (κ3) is 11.3. The van der Waals surface area contributed by atoms with Gasteiger partial charge in [0.1, 0.15) is 23.5 Å². The molecule has 2 unspecified atom stereocenters. The Hall–Kier alpha value is -2.29. The van der Waals surface area contributed by atoms with Crippen LogP contribution < -0.4 is 78.6 Å². The zero-order valence-corrected chi connectivity index (χ0v) is 26.9. The minimum Gasteiger partial charge on any atom is -0.579 e. The van der Waals surface area contributed by atoms with E-state index < -0.39 is 12.0 Å². The van der Waals surface area contributed by atoms with E-state index in [4.69, 9.17) is 26.3 Å². The van der Waals surface area contributed by atoms with Crippen molar-refractivity contribution in [1.82, 2.24) is 25.7 Å². The van der Waals surface area contributed by atoms with Gasteiger partial charge in [-0.2, -0.15) is 0 Å². The second-order valence-electron chi connectivity index (χ2n) is 9.57. The topological polar surface area (TPSA) is 165 Å². The number of aromatic nitrogens is 2. The van der Waals surface area contributed by atoms with Crippen LogP contribution in [0.4, 0.5) is 0 Å². The maximum Gasteiger partial charge on any atom is 1.00 e. The second kappa shape index (κ2) is 17.5. The van der Waals surface area contributed by atoms with Crippen molar-refractivity contribution < 1.29 is 66.0 Å². The number of carbonyl (C=O) groups is 1. The first kappa shape index (κ1) is 33.9. The first-order valence-electron chi connectivity index (χ1n) is 13.0. The number of nitrogens with two attached hydrogens (primary N) is 2. The van der Waals surface area contributed by atoms with Crippen LogP contribution >= 0.6 is 0 Å². The molecule has 2 atom stereocenters. The molecule has 2 aliphatic heterocycles. The first-order valence-corrected chi connectivity index (χ1v) is 13.0. The van der Waals surface area contributed by atoms with Crippen molar-refractivity contribution in [2.45, 2.75) is 39.3 Å². The van der Waals surface area contributed by atoms with Gasteiger partial charge in [0, 0.05) is 43.5 Å². The molecule has 3 heterocycles. The number of aliphatic imine (C=N–C) groups is 1. The molecule has 0 amide bonds. The van der Waals surface area contributed by atoms with Gasteiger partial charge in [-0.05, 0) is 23.6 Å². The fourth-order valence-electron chi connectivity index (χ4n) is 3.67. The first-order chi connectivity index (χ1) is 18.7. The van der Waals surface area contributed by atoms with Crippen molar-refractivity contribution in [3.8, 4) is 0 Å². The zero-order valence-electron chi connectivity index (χ0n) is 23.7. The molecule has 0 spiro atoms. The summed E-state index contributed by atoms with van der Waals surface area (Å²) in [7, 11) is 0. The largest absolute Gasteiger partial charge is 1.00 e. The Morgan fingerprint density at radius 1 is 1.25 bits per heavy atom. The Morgan fingerprint density at radius 2 is 1.95 bits per heavy atom. The van der Waals surface area contributed by atoms with E-state index in [1.54, 1.807) is 13.8 Å². The Balaban J connectivity index is 0.000000546. The number of carboxylic acids is 1. The number of ether oxygens (including phenoxy) is 1. The zero-order chi connectivity index (χ0) is 28.2. The standard InChI is InChI=1S/C23H28N7O.C5H11NO2.K/c1-17-15-19(29-28-17)7-8-21-26-22(16-23(27-21)30-11-13-31-14-12-30)25-10-9-20(24)18-5-3-2-4-6-18;1-3(2)4(6)5(7)8;/h2-6,8-10,15-16,20,25-26H,7,11-14,24H2,1H3;3-4H,6H2,1-2H3,(H,7,8);/q-1;;+1/b10-9-,21-8-;;. The normalized spacial score (nSPS) is 17.6. The number of rotatable bonds is 8. The molecule has 1 fully saturated rings. The van der Waals surface area contributed by atoms with Gasteiger partial charge in [0.25, 0.3) is 0 Å². The summed E-state index contributed by atoms with van der Waals surface area (Å²) < 4.78 is 5.48. The summed E-state index contributed by atoms with van der Waals surface area (Å²) in [6, 6.07) is 11.1. The monoisotopic (exact) mass is 574 g/mol. The molecule has 7 N–H and O–H groups in total. The summed E-state index contributed by atoms with van der Waals surface area (Å²) in [4.78, 5) is 17.0. The minimum atomic E-state index is -0.931. The third-order valence-corrected chi connectivity index (χ3v) is 6.05. The van der Waals surface area contributed by atoms with Gasteiger partial charge in [0.15, 0.2) is 0 Å². The van der Waals surface area contributed by atoms with Crippen LogP contribution in [0.25, 0.3) is 0 Å². The quantitative estimate of drug-likeness (QED) is 0.241. The van der Waals surface area contributed by atoms with Crippen LogP contribution in [-0.2, 0) is 16.0 Å². The number of nitrogens with zero attached hydrogens (tertiary/aromatic N) is 4. The van der Waals surface area contributed by atoms with Gasteiger partial charge in [0.2, 0.25) is 0 Å². The minimum absolute atomic E-state index is 0. The third-order valence-electron chi connectivity index (χ3n) is 6.05. The number of allylic oxidation sites excluding steroid dienone is 1. The van der Waals surface area contributed by atoms with Crippen LogP contribution in [0.2, 0.25) is 0 Å². The van der Waals surface area contributed by atoms with E-state index in [0.717, 1.165) is 47.5 Å². The Labute approximate surface area is 278 Å². The predicted octanol–water partition coefficient (Wildman–Crippen LogP) is -1.23. The van der Waals surface area contributed by atoms with Crippen molar-refractivity contribution in [3.63, 3.8) is 0 Å². The van der Waals surface area contributed by atoms with E-state index >= 15 is 0 Å². The van der Waals surface area contributed by atoms with Crippen molar-refractivity contribution in [3.05, 3.63) is 89.4 Å². The fourth-order valence-corrected chi connectivity index (χ4v) is 3.67. The molecule has 0 radical (unpaired) electrons. The van der Waals surface area contributed by atoms with Gasteiger partial charge >= 0.3 is 57.4 Å². The summed E-state index contributed by atoms with van der Waals surface area (Å²) in [5.74, 6) is 1.60. The Bertz CT molecular complexity index is 1190. The van der Waals surface area contributed by atoms with E-state index in [2.05, 4.69) is 25.7 Å². The number of hydrogen-bond acceptors (Lipinski definition) is 9. The molecule has 0 saturated carbocycles. The summed E-state index contributed by atoms with van der Waals surface area (Å²) >= 11 is 0. The van der Waals surface area contributed by atoms with Crippen molar-refractivity contribution in [1.29, 1.82) is 0 Å². The molecule has 40 heavy (non-hydrogen) atoms. The van der Waals surface area contributed by atoms with Gasteiger partial charge in [0.05, 0.1) is 13.2 Å². The van der Waals surface area contributed by atoms with E-state index in [1.165, 1.54) is 0 Å². The number of hydrogen-bond donors (Lipinski definition) is 5. The molecule has 1 aromatic heterocycles. The Morgan fingerprint density at radius 3 is 2.52 bits per heavy atom. The number of carboxylic acid groups (broad SMARTS) is 1.